The van der Waals surface area contributed by atoms with Crippen molar-refractivity contribution in [2.45, 2.75) is 26.3 Å². The van der Waals surface area contributed by atoms with E-state index in [1.807, 2.05) is 10.6 Å². The van der Waals surface area contributed by atoms with E-state index in [0.29, 0.717) is 21.8 Å². The van der Waals surface area contributed by atoms with E-state index in [2.05, 4.69) is 24.0 Å². The second-order valence-electron chi connectivity index (χ2n) is 4.70. The first-order valence-corrected chi connectivity index (χ1v) is 7.25. The minimum Gasteiger partial charge on any atom is -0.310 e. The molecule has 3 nitrogen and oxygen atoms in total. The highest BCUT2D eigenvalue weighted by molar-refractivity contribution is 6.36. The molecule has 0 fully saturated rings. The number of alkyl halides is 1. The molecule has 1 aromatic carbocycles. The summed E-state index contributed by atoms with van der Waals surface area (Å²) in [6, 6.07) is 5.34. The Labute approximate surface area is 127 Å². The van der Waals surface area contributed by atoms with Crippen LogP contribution < -0.4 is 0 Å². The van der Waals surface area contributed by atoms with E-state index in [1.165, 1.54) is 0 Å². The molecule has 19 heavy (non-hydrogen) atoms. The average molecular weight is 319 g/mol. The molecule has 1 aromatic heterocycles. The minimum absolute atomic E-state index is 0.324. The van der Waals surface area contributed by atoms with Gasteiger partial charge in [0.25, 0.3) is 0 Å². The summed E-state index contributed by atoms with van der Waals surface area (Å²) in [7, 11) is 0. The van der Waals surface area contributed by atoms with Gasteiger partial charge in [0, 0.05) is 17.1 Å². The fourth-order valence-corrected chi connectivity index (χ4v) is 2.55. The van der Waals surface area contributed by atoms with Crippen molar-refractivity contribution >= 4 is 34.8 Å². The quantitative estimate of drug-likeness (QED) is 0.768. The van der Waals surface area contributed by atoms with Gasteiger partial charge in [0.1, 0.15) is 5.82 Å². The summed E-state index contributed by atoms with van der Waals surface area (Å²) in [4.78, 5) is 0. The van der Waals surface area contributed by atoms with Crippen LogP contribution in [-0.2, 0) is 12.4 Å². The van der Waals surface area contributed by atoms with Gasteiger partial charge in [-0.3, -0.25) is 0 Å². The molecule has 0 saturated carbocycles. The normalized spacial score (nSPS) is 11.3. The van der Waals surface area contributed by atoms with Crippen LogP contribution in [0.25, 0.3) is 11.4 Å². The van der Waals surface area contributed by atoms with Gasteiger partial charge in [0.2, 0.25) is 0 Å². The van der Waals surface area contributed by atoms with Crippen molar-refractivity contribution in [1.29, 1.82) is 0 Å². The van der Waals surface area contributed by atoms with Crippen molar-refractivity contribution in [3.8, 4) is 11.4 Å². The third kappa shape index (κ3) is 3.22. The molecule has 0 saturated heterocycles. The summed E-state index contributed by atoms with van der Waals surface area (Å²) in [5.74, 6) is 2.26. The highest BCUT2D eigenvalue weighted by atomic mass is 35.5. The smallest absolute Gasteiger partial charge is 0.165 e. The Bertz CT molecular complexity index is 579. The summed E-state index contributed by atoms with van der Waals surface area (Å²) in [6.07, 6.45) is 0. The second-order valence-corrected chi connectivity index (χ2v) is 5.81. The van der Waals surface area contributed by atoms with Gasteiger partial charge in [-0.1, -0.05) is 37.0 Å². The van der Waals surface area contributed by atoms with Crippen LogP contribution in [0.3, 0.4) is 0 Å². The standard InChI is InChI=1S/C13H14Cl3N3/c1-8(2)7-19-12(6-14)17-18-13(19)10-4-3-9(15)5-11(10)16/h3-5,8H,6-7H2,1-2H3. The third-order valence-corrected chi connectivity index (χ3v) is 3.45. The van der Waals surface area contributed by atoms with Crippen LogP contribution in [0.15, 0.2) is 18.2 Å². The van der Waals surface area contributed by atoms with Crippen LogP contribution in [0.2, 0.25) is 10.0 Å². The number of rotatable bonds is 4. The predicted octanol–water partition coefficient (Wildman–Crippen LogP) is 4.65. The van der Waals surface area contributed by atoms with E-state index in [4.69, 9.17) is 34.8 Å². The number of nitrogens with zero attached hydrogens (tertiary/aromatic N) is 3. The van der Waals surface area contributed by atoms with Crippen molar-refractivity contribution in [2.75, 3.05) is 0 Å². The molecular formula is C13H14Cl3N3. The summed E-state index contributed by atoms with van der Waals surface area (Å²) in [5, 5.41) is 9.48. The van der Waals surface area contributed by atoms with Crippen LogP contribution in [0.1, 0.15) is 19.7 Å². The molecular weight excluding hydrogens is 305 g/mol. The Morgan fingerprint density at radius 2 is 1.95 bits per heavy atom. The summed E-state index contributed by atoms with van der Waals surface area (Å²) < 4.78 is 2.01. The third-order valence-electron chi connectivity index (χ3n) is 2.67. The molecule has 0 unspecified atom stereocenters. The van der Waals surface area contributed by atoms with Gasteiger partial charge in [0.05, 0.1) is 10.9 Å². The molecule has 2 rings (SSSR count). The van der Waals surface area contributed by atoms with Gasteiger partial charge in [0.15, 0.2) is 5.82 Å². The highest BCUT2D eigenvalue weighted by Gasteiger charge is 2.16. The Balaban J connectivity index is 2.52. The fourth-order valence-electron chi connectivity index (χ4n) is 1.86. The number of halogens is 3. The zero-order valence-electron chi connectivity index (χ0n) is 10.7. The van der Waals surface area contributed by atoms with Crippen LogP contribution in [-0.4, -0.2) is 14.8 Å². The first-order chi connectivity index (χ1) is 9.02. The average Bonchev–Trinajstić information content (AvgIpc) is 2.71. The Hall–Kier alpha value is -0.770. The monoisotopic (exact) mass is 317 g/mol. The van der Waals surface area contributed by atoms with Gasteiger partial charge >= 0.3 is 0 Å². The molecule has 0 atom stereocenters. The van der Waals surface area contributed by atoms with Crippen LogP contribution in [0, 0.1) is 5.92 Å². The van der Waals surface area contributed by atoms with Crippen molar-refractivity contribution in [2.24, 2.45) is 5.92 Å². The maximum absolute atomic E-state index is 6.23. The SMILES string of the molecule is CC(C)Cn1c(CCl)nnc1-c1ccc(Cl)cc1Cl. The first kappa shape index (κ1) is 14.6. The molecule has 6 heteroatoms. The first-order valence-electron chi connectivity index (χ1n) is 5.96. The van der Waals surface area contributed by atoms with Gasteiger partial charge < -0.3 is 4.57 Å². The van der Waals surface area contributed by atoms with Crippen LogP contribution in [0.5, 0.6) is 0 Å². The molecule has 0 N–H and O–H groups in total. The number of aromatic nitrogens is 3. The van der Waals surface area contributed by atoms with E-state index in [0.717, 1.165) is 23.8 Å². The lowest BCUT2D eigenvalue weighted by Crippen LogP contribution is -2.09. The summed E-state index contributed by atoms with van der Waals surface area (Å²) in [5.41, 5.74) is 0.815. The molecule has 0 radical (unpaired) electrons. The Morgan fingerprint density at radius 3 is 2.53 bits per heavy atom. The zero-order chi connectivity index (χ0) is 14.0. The lowest BCUT2D eigenvalue weighted by molar-refractivity contribution is 0.515. The highest BCUT2D eigenvalue weighted by Crippen LogP contribution is 2.30. The van der Waals surface area contributed by atoms with Crippen LogP contribution >= 0.6 is 34.8 Å². The fraction of sp³-hybridized carbons (Fsp3) is 0.385. The molecule has 102 valence electrons. The van der Waals surface area contributed by atoms with Crippen molar-refractivity contribution in [3.05, 3.63) is 34.1 Å². The number of benzene rings is 1. The second kappa shape index (κ2) is 6.12. The molecule has 0 aliphatic heterocycles. The zero-order valence-corrected chi connectivity index (χ0v) is 13.0. The molecule has 0 aliphatic carbocycles. The molecule has 0 spiro atoms. The molecule has 1 heterocycles. The molecule has 2 aromatic rings. The number of hydrogen-bond acceptors (Lipinski definition) is 2. The van der Waals surface area contributed by atoms with E-state index in [1.54, 1.807) is 12.1 Å². The Kier molecular flexibility index (Phi) is 4.71. The molecule has 0 amide bonds. The van der Waals surface area contributed by atoms with E-state index in [9.17, 15) is 0 Å². The van der Waals surface area contributed by atoms with Crippen molar-refractivity contribution in [3.63, 3.8) is 0 Å². The van der Waals surface area contributed by atoms with Gasteiger partial charge in [-0.25, -0.2) is 0 Å². The summed E-state index contributed by atoms with van der Waals surface area (Å²) >= 11 is 18.0. The van der Waals surface area contributed by atoms with Gasteiger partial charge in [-0.2, -0.15) is 0 Å². The Morgan fingerprint density at radius 1 is 1.21 bits per heavy atom. The largest absolute Gasteiger partial charge is 0.310 e. The molecule has 0 aliphatic rings. The topological polar surface area (TPSA) is 30.7 Å². The predicted molar refractivity (Wildman–Crippen MR) is 79.9 cm³/mol. The molecule has 0 bridgehead atoms. The van der Waals surface area contributed by atoms with E-state index in [-0.39, 0.29) is 0 Å². The minimum atomic E-state index is 0.324. The van der Waals surface area contributed by atoms with Crippen molar-refractivity contribution in [1.82, 2.24) is 14.8 Å². The van der Waals surface area contributed by atoms with E-state index >= 15 is 0 Å². The number of hydrogen-bond donors (Lipinski definition) is 0. The maximum atomic E-state index is 6.23. The lowest BCUT2D eigenvalue weighted by atomic mass is 10.2. The van der Waals surface area contributed by atoms with Crippen molar-refractivity contribution < 1.29 is 0 Å². The van der Waals surface area contributed by atoms with Gasteiger partial charge in [-0.15, -0.1) is 21.8 Å². The maximum Gasteiger partial charge on any atom is 0.165 e. The van der Waals surface area contributed by atoms with E-state index < -0.39 is 0 Å². The lowest BCUT2D eigenvalue weighted by Gasteiger charge is -2.12. The van der Waals surface area contributed by atoms with Crippen LogP contribution in [0.4, 0.5) is 0 Å². The van der Waals surface area contributed by atoms with Gasteiger partial charge in [-0.05, 0) is 24.1 Å². The summed E-state index contributed by atoms with van der Waals surface area (Å²) in [6.45, 7) is 5.06.